The van der Waals surface area contributed by atoms with E-state index in [9.17, 15) is 4.79 Å². The highest BCUT2D eigenvalue weighted by atomic mass is 35.5. The smallest absolute Gasteiger partial charge is 0.273 e. The molecular formula is C16H20ClN3O2S2. The molecule has 1 amide bonds. The lowest BCUT2D eigenvalue weighted by atomic mass is 10.1. The van der Waals surface area contributed by atoms with Gasteiger partial charge in [0.2, 0.25) is 0 Å². The second-order valence-electron chi connectivity index (χ2n) is 5.65. The van der Waals surface area contributed by atoms with Gasteiger partial charge in [-0.15, -0.1) is 22.7 Å². The third-order valence-electron chi connectivity index (χ3n) is 3.94. The Morgan fingerprint density at radius 3 is 2.88 bits per heavy atom. The molecule has 2 aromatic rings. The molecule has 8 heteroatoms. The van der Waals surface area contributed by atoms with E-state index in [0.29, 0.717) is 31.9 Å². The molecule has 0 aromatic carbocycles. The van der Waals surface area contributed by atoms with Gasteiger partial charge < -0.3 is 15.4 Å². The van der Waals surface area contributed by atoms with Crippen LogP contribution in [-0.2, 0) is 4.74 Å². The molecule has 0 bridgehead atoms. The van der Waals surface area contributed by atoms with Gasteiger partial charge in [0.15, 0.2) is 0 Å². The van der Waals surface area contributed by atoms with Gasteiger partial charge in [0.25, 0.3) is 5.91 Å². The summed E-state index contributed by atoms with van der Waals surface area (Å²) >= 11 is 8.92. The Bertz CT molecular complexity index is 680. The summed E-state index contributed by atoms with van der Waals surface area (Å²) in [5.41, 5.74) is 5.99. The van der Waals surface area contributed by atoms with Crippen molar-refractivity contribution in [3.63, 3.8) is 0 Å². The minimum Gasteiger partial charge on any atom is -0.378 e. The highest BCUT2D eigenvalue weighted by Gasteiger charge is 2.25. The number of hydrogen-bond donors (Lipinski definition) is 1. The summed E-state index contributed by atoms with van der Waals surface area (Å²) in [5, 5.41) is 2.67. The fraction of sp³-hybridized carbons (Fsp3) is 0.500. The normalized spacial score (nSPS) is 15.8. The predicted molar refractivity (Wildman–Crippen MR) is 99.0 cm³/mol. The molecule has 130 valence electrons. The summed E-state index contributed by atoms with van der Waals surface area (Å²) in [6.07, 6.45) is 2.86. The van der Waals surface area contributed by atoms with Gasteiger partial charge in [-0.3, -0.25) is 4.79 Å². The zero-order valence-electron chi connectivity index (χ0n) is 13.2. The van der Waals surface area contributed by atoms with Crippen molar-refractivity contribution in [2.75, 3.05) is 26.2 Å². The van der Waals surface area contributed by atoms with E-state index in [-0.39, 0.29) is 12.0 Å². The quantitative estimate of drug-likeness (QED) is 0.773. The molecule has 1 aliphatic heterocycles. The average Bonchev–Trinajstić information content (AvgIpc) is 3.24. The van der Waals surface area contributed by atoms with Crippen LogP contribution < -0.4 is 5.73 Å². The average molecular weight is 386 g/mol. The van der Waals surface area contributed by atoms with Crippen molar-refractivity contribution in [2.24, 2.45) is 5.73 Å². The Balaban J connectivity index is 1.55. The first-order chi connectivity index (χ1) is 11.7. The van der Waals surface area contributed by atoms with Crippen molar-refractivity contribution in [2.45, 2.75) is 25.4 Å². The molecule has 1 aliphatic rings. The number of likely N-dealkylation sites (tertiary alicyclic amines) is 1. The number of ether oxygens (including phenoxy) is 1. The van der Waals surface area contributed by atoms with Crippen LogP contribution in [0.1, 0.15) is 29.8 Å². The van der Waals surface area contributed by atoms with Gasteiger partial charge >= 0.3 is 0 Å². The van der Waals surface area contributed by atoms with Crippen LogP contribution in [0.3, 0.4) is 0 Å². The molecular weight excluding hydrogens is 366 g/mol. The van der Waals surface area contributed by atoms with Gasteiger partial charge in [-0.05, 0) is 37.9 Å². The fourth-order valence-electron chi connectivity index (χ4n) is 2.64. The highest BCUT2D eigenvalue weighted by molar-refractivity contribution is 7.23. The molecule has 0 saturated carbocycles. The number of nitrogens with zero attached hydrogens (tertiary/aromatic N) is 2. The molecule has 1 fully saturated rings. The Kier molecular flexibility index (Phi) is 6.24. The molecule has 1 saturated heterocycles. The predicted octanol–water partition coefficient (Wildman–Crippen LogP) is 3.50. The lowest BCUT2D eigenvalue weighted by molar-refractivity contribution is 0.00831. The zero-order valence-corrected chi connectivity index (χ0v) is 15.6. The number of piperidine rings is 1. The minimum atomic E-state index is 0.000520. The Morgan fingerprint density at radius 1 is 1.42 bits per heavy atom. The van der Waals surface area contributed by atoms with E-state index in [1.807, 2.05) is 22.4 Å². The molecule has 5 nitrogen and oxygen atoms in total. The molecule has 0 unspecified atom stereocenters. The number of rotatable bonds is 6. The molecule has 3 heterocycles. The van der Waals surface area contributed by atoms with Crippen LogP contribution in [0, 0.1) is 0 Å². The van der Waals surface area contributed by atoms with Crippen LogP contribution in [0.5, 0.6) is 0 Å². The van der Waals surface area contributed by atoms with Crippen LogP contribution in [0.25, 0.3) is 9.88 Å². The molecule has 2 aromatic heterocycles. The summed E-state index contributed by atoms with van der Waals surface area (Å²) in [5.74, 6) is 0.000520. The van der Waals surface area contributed by atoms with Crippen LogP contribution in [0.15, 0.2) is 17.5 Å². The lowest BCUT2D eigenvalue weighted by Crippen LogP contribution is -2.41. The minimum absolute atomic E-state index is 0.000520. The standard InChI is InChI=1S/C16H20ClN3O2S2/c17-14-3-2-13(24-14)15-19-12(10-23-15)16(21)20-7-4-11(5-8-20)22-9-1-6-18/h2-3,10-11H,1,4-9,18H2. The van der Waals surface area contributed by atoms with Gasteiger partial charge in [-0.1, -0.05) is 11.6 Å². The van der Waals surface area contributed by atoms with Crippen molar-refractivity contribution in [3.8, 4) is 9.88 Å². The molecule has 0 atom stereocenters. The second-order valence-corrected chi connectivity index (χ2v) is 8.22. The number of carbonyl (C=O) groups is 1. The van der Waals surface area contributed by atoms with E-state index in [0.717, 1.165) is 33.5 Å². The van der Waals surface area contributed by atoms with Crippen LogP contribution in [0.4, 0.5) is 0 Å². The lowest BCUT2D eigenvalue weighted by Gasteiger charge is -2.31. The van der Waals surface area contributed by atoms with E-state index in [1.165, 1.54) is 22.7 Å². The third kappa shape index (κ3) is 4.34. The third-order valence-corrected chi connectivity index (χ3v) is 6.18. The maximum Gasteiger partial charge on any atom is 0.273 e. The Hall–Kier alpha value is -0.990. The van der Waals surface area contributed by atoms with Crippen molar-refractivity contribution < 1.29 is 9.53 Å². The number of carbonyl (C=O) groups excluding carboxylic acids is 1. The summed E-state index contributed by atoms with van der Waals surface area (Å²) in [6.45, 7) is 2.78. The van der Waals surface area contributed by atoms with Crippen molar-refractivity contribution >= 4 is 40.2 Å². The van der Waals surface area contributed by atoms with Crippen LogP contribution >= 0.6 is 34.3 Å². The monoisotopic (exact) mass is 385 g/mol. The summed E-state index contributed by atoms with van der Waals surface area (Å²) in [6, 6.07) is 3.78. The van der Waals surface area contributed by atoms with E-state index >= 15 is 0 Å². The summed E-state index contributed by atoms with van der Waals surface area (Å²) in [4.78, 5) is 19.9. The Morgan fingerprint density at radius 2 is 2.21 bits per heavy atom. The van der Waals surface area contributed by atoms with Gasteiger partial charge in [0.1, 0.15) is 10.7 Å². The molecule has 0 radical (unpaired) electrons. The van der Waals surface area contributed by atoms with Crippen molar-refractivity contribution in [3.05, 3.63) is 27.5 Å². The first-order valence-electron chi connectivity index (χ1n) is 7.99. The van der Waals surface area contributed by atoms with Gasteiger partial charge in [-0.25, -0.2) is 4.98 Å². The van der Waals surface area contributed by atoms with Gasteiger partial charge in [-0.2, -0.15) is 0 Å². The SMILES string of the molecule is NCCCOC1CCN(C(=O)c2csc(-c3ccc(Cl)s3)n2)CC1. The molecule has 2 N–H and O–H groups in total. The number of thiazole rings is 1. The van der Waals surface area contributed by atoms with E-state index in [2.05, 4.69) is 4.98 Å². The Labute approximate surface area is 154 Å². The summed E-state index contributed by atoms with van der Waals surface area (Å²) in [7, 11) is 0. The van der Waals surface area contributed by atoms with E-state index in [4.69, 9.17) is 22.1 Å². The largest absolute Gasteiger partial charge is 0.378 e. The van der Waals surface area contributed by atoms with E-state index in [1.54, 1.807) is 0 Å². The fourth-order valence-corrected chi connectivity index (χ4v) is 4.54. The van der Waals surface area contributed by atoms with E-state index < -0.39 is 0 Å². The highest BCUT2D eigenvalue weighted by Crippen LogP contribution is 2.33. The van der Waals surface area contributed by atoms with Crippen LogP contribution in [0.2, 0.25) is 4.34 Å². The summed E-state index contributed by atoms with van der Waals surface area (Å²) < 4.78 is 6.51. The maximum absolute atomic E-state index is 12.6. The number of nitrogens with two attached hydrogens (primary N) is 1. The van der Waals surface area contributed by atoms with Gasteiger partial charge in [0.05, 0.1) is 15.3 Å². The molecule has 24 heavy (non-hydrogen) atoms. The zero-order chi connectivity index (χ0) is 16.9. The number of thiophene rings is 1. The second kappa shape index (κ2) is 8.40. The number of aromatic nitrogens is 1. The number of halogens is 1. The number of amides is 1. The first kappa shape index (κ1) is 17.8. The van der Waals surface area contributed by atoms with Gasteiger partial charge in [0, 0.05) is 25.1 Å². The molecule has 3 rings (SSSR count). The molecule has 0 spiro atoms. The number of hydrogen-bond acceptors (Lipinski definition) is 6. The molecule has 0 aliphatic carbocycles. The maximum atomic E-state index is 12.6. The topological polar surface area (TPSA) is 68.5 Å². The van der Waals surface area contributed by atoms with Crippen molar-refractivity contribution in [1.29, 1.82) is 0 Å². The van der Waals surface area contributed by atoms with Crippen LogP contribution in [-0.4, -0.2) is 48.1 Å². The first-order valence-corrected chi connectivity index (χ1v) is 10.1. The van der Waals surface area contributed by atoms with Crippen molar-refractivity contribution in [1.82, 2.24) is 9.88 Å².